The van der Waals surface area contributed by atoms with E-state index in [-0.39, 0.29) is 29.6 Å². The second kappa shape index (κ2) is 7.04. The van der Waals surface area contributed by atoms with Crippen LogP contribution in [0.2, 0.25) is 0 Å². The number of unbranched alkanes of at least 4 members (excludes halogenated alkanes) is 1. The maximum atomic E-state index is 10.7. The molecule has 0 fully saturated rings. The molecule has 0 aliphatic carbocycles. The van der Waals surface area contributed by atoms with Crippen LogP contribution in [0.25, 0.3) is 0 Å². The molecule has 1 aromatic carbocycles. The fourth-order valence-corrected chi connectivity index (χ4v) is 1.30. The van der Waals surface area contributed by atoms with Crippen molar-refractivity contribution < 1.29 is 39.5 Å². The number of aryl methyl sites for hydroxylation is 1. The summed E-state index contributed by atoms with van der Waals surface area (Å²) in [6.45, 7) is 2.08. The molecule has 0 saturated heterocycles. The molecule has 0 aliphatic rings. The van der Waals surface area contributed by atoms with Gasteiger partial charge in [0.1, 0.15) is 0 Å². The first-order chi connectivity index (χ1) is 6.25. The summed E-state index contributed by atoms with van der Waals surface area (Å²) in [6.07, 6.45) is 2.91. The van der Waals surface area contributed by atoms with Gasteiger partial charge in [0, 0.05) is 5.56 Å². The second-order valence-electron chi connectivity index (χ2n) is 3.05. The second-order valence-corrected chi connectivity index (χ2v) is 3.05. The Morgan fingerprint density at radius 3 is 2.57 bits per heavy atom. The predicted octanol–water partition coefficient (Wildman–Crippen LogP) is -1.60. The van der Waals surface area contributed by atoms with E-state index in [0.717, 1.165) is 24.8 Å². The van der Waals surface area contributed by atoms with Gasteiger partial charge in [-0.1, -0.05) is 37.6 Å². The molecule has 0 radical (unpaired) electrons. The van der Waals surface area contributed by atoms with Crippen LogP contribution in [0.5, 0.6) is 0 Å². The molecule has 70 valence electrons. The third-order valence-corrected chi connectivity index (χ3v) is 2.04. The number of carboxylic acids is 1. The van der Waals surface area contributed by atoms with E-state index in [4.69, 9.17) is 0 Å². The Balaban J connectivity index is 0.00000169. The number of aromatic carboxylic acids is 1. The largest absolute Gasteiger partial charge is 1.00 e. The minimum Gasteiger partial charge on any atom is -0.545 e. The minimum atomic E-state index is -1.08. The van der Waals surface area contributed by atoms with E-state index in [0.29, 0.717) is 5.56 Å². The van der Waals surface area contributed by atoms with Gasteiger partial charge in [-0.2, -0.15) is 0 Å². The maximum Gasteiger partial charge on any atom is 1.00 e. The van der Waals surface area contributed by atoms with Gasteiger partial charge in [-0.05, 0) is 18.4 Å². The first-order valence-corrected chi connectivity index (χ1v) is 4.55. The summed E-state index contributed by atoms with van der Waals surface area (Å²) < 4.78 is 0. The van der Waals surface area contributed by atoms with Crippen LogP contribution in [-0.2, 0) is 6.42 Å². The zero-order valence-electron chi connectivity index (χ0n) is 8.75. The molecular formula is C11H13NaO2. The summed E-state index contributed by atoms with van der Waals surface area (Å²) in [5.74, 6) is -1.08. The Morgan fingerprint density at radius 2 is 2.00 bits per heavy atom. The van der Waals surface area contributed by atoms with E-state index in [1.165, 1.54) is 0 Å². The summed E-state index contributed by atoms with van der Waals surface area (Å²) in [5, 5.41) is 10.7. The van der Waals surface area contributed by atoms with Crippen molar-refractivity contribution in [1.82, 2.24) is 0 Å². The molecule has 0 aliphatic heterocycles. The third-order valence-electron chi connectivity index (χ3n) is 2.04. The van der Waals surface area contributed by atoms with Gasteiger partial charge in [0.05, 0.1) is 5.97 Å². The standard InChI is InChI=1S/C11H14O2.Na/c1-2-3-6-9-7-4-5-8-10(9)11(12)13;/h4-5,7-8H,2-3,6H2,1H3,(H,12,13);/q;+1/p-1. The monoisotopic (exact) mass is 200 g/mol. The summed E-state index contributed by atoms with van der Waals surface area (Å²) >= 11 is 0. The molecule has 1 rings (SSSR count). The molecule has 2 nitrogen and oxygen atoms in total. The van der Waals surface area contributed by atoms with Crippen LogP contribution in [-0.4, -0.2) is 5.97 Å². The van der Waals surface area contributed by atoms with E-state index < -0.39 is 5.97 Å². The molecule has 14 heavy (non-hydrogen) atoms. The summed E-state index contributed by atoms with van der Waals surface area (Å²) in [5.41, 5.74) is 1.21. The molecular weight excluding hydrogens is 187 g/mol. The molecule has 1 aromatic rings. The predicted molar refractivity (Wildman–Crippen MR) is 49.4 cm³/mol. The van der Waals surface area contributed by atoms with Gasteiger partial charge < -0.3 is 9.90 Å². The number of rotatable bonds is 4. The average molecular weight is 200 g/mol. The van der Waals surface area contributed by atoms with Crippen molar-refractivity contribution in [2.45, 2.75) is 26.2 Å². The van der Waals surface area contributed by atoms with Crippen LogP contribution in [0.1, 0.15) is 35.7 Å². The van der Waals surface area contributed by atoms with Gasteiger partial charge in [-0.3, -0.25) is 0 Å². The van der Waals surface area contributed by atoms with E-state index in [9.17, 15) is 9.90 Å². The Kier molecular flexibility index (Phi) is 6.89. The molecule has 0 unspecified atom stereocenters. The zero-order valence-corrected chi connectivity index (χ0v) is 10.7. The van der Waals surface area contributed by atoms with Crippen LogP contribution < -0.4 is 34.7 Å². The van der Waals surface area contributed by atoms with E-state index in [1.807, 2.05) is 12.1 Å². The van der Waals surface area contributed by atoms with Gasteiger partial charge in [-0.15, -0.1) is 0 Å². The summed E-state index contributed by atoms with van der Waals surface area (Å²) in [7, 11) is 0. The van der Waals surface area contributed by atoms with Crippen LogP contribution in [0.15, 0.2) is 24.3 Å². The van der Waals surface area contributed by atoms with Crippen molar-refractivity contribution in [3.05, 3.63) is 35.4 Å². The number of carbonyl (C=O) groups is 1. The van der Waals surface area contributed by atoms with Crippen molar-refractivity contribution in [1.29, 1.82) is 0 Å². The van der Waals surface area contributed by atoms with Crippen LogP contribution in [0.4, 0.5) is 0 Å². The summed E-state index contributed by atoms with van der Waals surface area (Å²) in [4.78, 5) is 10.7. The SMILES string of the molecule is CCCCc1ccccc1C(=O)[O-].[Na+]. The Morgan fingerprint density at radius 1 is 1.36 bits per heavy atom. The average Bonchev–Trinajstić information content (AvgIpc) is 2.15. The first kappa shape index (κ1) is 13.7. The van der Waals surface area contributed by atoms with Crippen molar-refractivity contribution in [2.24, 2.45) is 0 Å². The molecule has 0 heterocycles. The smallest absolute Gasteiger partial charge is 0.545 e. The zero-order chi connectivity index (χ0) is 9.68. The van der Waals surface area contributed by atoms with E-state index >= 15 is 0 Å². The van der Waals surface area contributed by atoms with Crippen molar-refractivity contribution in [3.8, 4) is 0 Å². The molecule has 0 spiro atoms. The van der Waals surface area contributed by atoms with Gasteiger partial charge in [0.2, 0.25) is 0 Å². The fraction of sp³-hybridized carbons (Fsp3) is 0.364. The minimum absolute atomic E-state index is 0. The molecule has 3 heteroatoms. The van der Waals surface area contributed by atoms with Crippen molar-refractivity contribution >= 4 is 5.97 Å². The maximum absolute atomic E-state index is 10.7. The quantitative estimate of drug-likeness (QED) is 0.549. The van der Waals surface area contributed by atoms with Crippen LogP contribution >= 0.6 is 0 Å². The Labute approximate surface area is 107 Å². The Hall–Kier alpha value is -0.310. The Bertz CT molecular complexity index is 297. The van der Waals surface area contributed by atoms with Gasteiger partial charge in [0.25, 0.3) is 0 Å². The van der Waals surface area contributed by atoms with E-state index in [2.05, 4.69) is 6.92 Å². The molecule has 0 saturated carbocycles. The normalized spacial score (nSPS) is 9.21. The number of carboxylic acid groups (broad SMARTS) is 1. The van der Waals surface area contributed by atoms with Crippen LogP contribution in [0, 0.1) is 0 Å². The topological polar surface area (TPSA) is 40.1 Å². The van der Waals surface area contributed by atoms with Crippen molar-refractivity contribution in [2.75, 3.05) is 0 Å². The molecule has 0 N–H and O–H groups in total. The van der Waals surface area contributed by atoms with Crippen molar-refractivity contribution in [3.63, 3.8) is 0 Å². The molecule has 0 bridgehead atoms. The number of benzene rings is 1. The fourth-order valence-electron chi connectivity index (χ4n) is 1.30. The van der Waals surface area contributed by atoms with Gasteiger partial charge >= 0.3 is 29.6 Å². The molecule has 0 amide bonds. The molecule has 0 atom stereocenters. The van der Waals surface area contributed by atoms with Crippen LogP contribution in [0.3, 0.4) is 0 Å². The third kappa shape index (κ3) is 3.82. The van der Waals surface area contributed by atoms with Gasteiger partial charge in [0.15, 0.2) is 0 Å². The summed E-state index contributed by atoms with van der Waals surface area (Å²) in [6, 6.07) is 7.03. The number of hydrogen-bond acceptors (Lipinski definition) is 2. The molecule has 0 aromatic heterocycles. The van der Waals surface area contributed by atoms with E-state index in [1.54, 1.807) is 12.1 Å². The number of carbonyl (C=O) groups excluding carboxylic acids is 1. The van der Waals surface area contributed by atoms with Gasteiger partial charge in [-0.25, -0.2) is 0 Å². The first-order valence-electron chi connectivity index (χ1n) is 4.55. The number of hydrogen-bond donors (Lipinski definition) is 0.